The molecule has 2 nitrogen and oxygen atoms in total. The molecule has 100 valence electrons. The highest BCUT2D eigenvalue weighted by Crippen LogP contribution is 2.37. The maximum atomic E-state index is 12.8. The minimum absolute atomic E-state index is 0.320. The Hall–Kier alpha value is -1.88. The first kappa shape index (κ1) is 13.5. The molecule has 0 bridgehead atoms. The third-order valence-electron chi connectivity index (χ3n) is 2.69. The molecule has 0 aliphatic carbocycles. The lowest BCUT2D eigenvalue weighted by atomic mass is 10.0. The summed E-state index contributed by atoms with van der Waals surface area (Å²) < 4.78 is 38.3. The standard InChI is InChI=1S/C13H10ClF3N2/c14-10-3-1-7(5-9(10)13(15,16)17)8-2-4-11(18)12(19)6-8/h1-6H,18-19H2. The fourth-order valence-electron chi connectivity index (χ4n) is 1.68. The molecule has 0 saturated carbocycles. The van der Waals surface area contributed by atoms with Crippen LogP contribution in [0.1, 0.15) is 5.56 Å². The average molecular weight is 287 g/mol. The van der Waals surface area contributed by atoms with Crippen LogP contribution < -0.4 is 11.5 Å². The van der Waals surface area contributed by atoms with Gasteiger partial charge in [0.05, 0.1) is 22.0 Å². The Morgan fingerprint density at radius 2 is 1.42 bits per heavy atom. The maximum Gasteiger partial charge on any atom is 0.417 e. The molecule has 0 atom stereocenters. The van der Waals surface area contributed by atoms with E-state index in [9.17, 15) is 13.2 Å². The third kappa shape index (κ3) is 2.76. The molecule has 6 heteroatoms. The van der Waals surface area contributed by atoms with Gasteiger partial charge < -0.3 is 11.5 Å². The van der Waals surface area contributed by atoms with Crippen molar-refractivity contribution in [3.8, 4) is 11.1 Å². The lowest BCUT2D eigenvalue weighted by molar-refractivity contribution is -0.137. The summed E-state index contributed by atoms with van der Waals surface area (Å²) in [6.45, 7) is 0. The van der Waals surface area contributed by atoms with Crippen LogP contribution in [0.4, 0.5) is 24.5 Å². The van der Waals surface area contributed by atoms with Crippen molar-refractivity contribution in [1.82, 2.24) is 0 Å². The van der Waals surface area contributed by atoms with E-state index >= 15 is 0 Å². The number of hydrogen-bond donors (Lipinski definition) is 2. The minimum Gasteiger partial charge on any atom is -0.397 e. The van der Waals surface area contributed by atoms with Gasteiger partial charge in [-0.1, -0.05) is 23.7 Å². The van der Waals surface area contributed by atoms with Crippen LogP contribution in [0, 0.1) is 0 Å². The molecule has 2 aromatic rings. The molecule has 0 aliphatic heterocycles. The first-order valence-electron chi connectivity index (χ1n) is 5.31. The molecule has 19 heavy (non-hydrogen) atoms. The van der Waals surface area contributed by atoms with Gasteiger partial charge >= 0.3 is 6.18 Å². The van der Waals surface area contributed by atoms with Gasteiger partial charge in [-0.3, -0.25) is 0 Å². The highest BCUT2D eigenvalue weighted by atomic mass is 35.5. The van der Waals surface area contributed by atoms with Crippen molar-refractivity contribution in [2.24, 2.45) is 0 Å². The Kier molecular flexibility index (Phi) is 3.32. The van der Waals surface area contributed by atoms with Crippen molar-refractivity contribution >= 4 is 23.0 Å². The second-order valence-corrected chi connectivity index (χ2v) is 4.44. The number of alkyl halides is 3. The van der Waals surface area contributed by atoms with Crippen LogP contribution in [-0.2, 0) is 6.18 Å². The molecular weight excluding hydrogens is 277 g/mol. The van der Waals surface area contributed by atoms with E-state index in [1.807, 2.05) is 0 Å². The van der Waals surface area contributed by atoms with Crippen molar-refractivity contribution in [2.45, 2.75) is 6.18 Å². The molecule has 0 aliphatic rings. The van der Waals surface area contributed by atoms with Gasteiger partial charge in [0.1, 0.15) is 0 Å². The first-order chi connectivity index (χ1) is 8.79. The van der Waals surface area contributed by atoms with Crippen molar-refractivity contribution in [3.63, 3.8) is 0 Å². The zero-order valence-corrected chi connectivity index (χ0v) is 10.4. The lowest BCUT2D eigenvalue weighted by Crippen LogP contribution is -2.06. The second-order valence-electron chi connectivity index (χ2n) is 4.04. The van der Waals surface area contributed by atoms with E-state index in [-0.39, 0.29) is 5.02 Å². The second kappa shape index (κ2) is 4.66. The van der Waals surface area contributed by atoms with E-state index in [2.05, 4.69) is 0 Å². The van der Waals surface area contributed by atoms with Crippen LogP contribution in [0.25, 0.3) is 11.1 Å². The smallest absolute Gasteiger partial charge is 0.397 e. The van der Waals surface area contributed by atoms with Crippen LogP contribution in [-0.4, -0.2) is 0 Å². The van der Waals surface area contributed by atoms with Crippen LogP contribution >= 0.6 is 11.6 Å². The van der Waals surface area contributed by atoms with Gasteiger partial charge in [0.2, 0.25) is 0 Å². The van der Waals surface area contributed by atoms with Crippen LogP contribution in [0.3, 0.4) is 0 Å². The van der Waals surface area contributed by atoms with Gasteiger partial charge in [-0.05, 0) is 35.4 Å². The maximum absolute atomic E-state index is 12.8. The Bertz CT molecular complexity index is 624. The topological polar surface area (TPSA) is 52.0 Å². The summed E-state index contributed by atoms with van der Waals surface area (Å²) in [6, 6.07) is 8.39. The lowest BCUT2D eigenvalue weighted by Gasteiger charge is -2.11. The number of anilines is 2. The van der Waals surface area contributed by atoms with E-state index in [0.29, 0.717) is 22.5 Å². The van der Waals surface area contributed by atoms with E-state index in [1.54, 1.807) is 12.1 Å². The summed E-state index contributed by atoms with van der Waals surface area (Å²) in [6.07, 6.45) is -4.49. The summed E-state index contributed by atoms with van der Waals surface area (Å²) in [5.41, 5.74) is 12.0. The van der Waals surface area contributed by atoms with E-state index in [4.69, 9.17) is 23.1 Å². The molecule has 4 N–H and O–H groups in total. The number of hydrogen-bond acceptors (Lipinski definition) is 2. The molecule has 0 radical (unpaired) electrons. The third-order valence-corrected chi connectivity index (χ3v) is 3.02. The highest BCUT2D eigenvalue weighted by molar-refractivity contribution is 6.31. The van der Waals surface area contributed by atoms with E-state index < -0.39 is 11.7 Å². The van der Waals surface area contributed by atoms with Crippen LogP contribution in [0.5, 0.6) is 0 Å². The van der Waals surface area contributed by atoms with Crippen molar-refractivity contribution in [1.29, 1.82) is 0 Å². The quantitative estimate of drug-likeness (QED) is 0.772. The predicted molar refractivity (Wildman–Crippen MR) is 70.7 cm³/mol. The van der Waals surface area contributed by atoms with Gasteiger partial charge in [-0.25, -0.2) is 0 Å². The number of halogens is 4. The molecule has 0 unspecified atom stereocenters. The van der Waals surface area contributed by atoms with Crippen molar-refractivity contribution < 1.29 is 13.2 Å². The minimum atomic E-state index is -4.49. The Labute approximate surface area is 112 Å². The van der Waals surface area contributed by atoms with Gasteiger partial charge in [-0.15, -0.1) is 0 Å². The molecule has 2 aromatic carbocycles. The SMILES string of the molecule is Nc1ccc(-c2ccc(Cl)c(C(F)(F)F)c2)cc1N. The molecule has 0 amide bonds. The molecule has 2 rings (SSSR count). The van der Waals surface area contributed by atoms with Gasteiger partial charge in [0.25, 0.3) is 0 Å². The largest absolute Gasteiger partial charge is 0.417 e. The molecule has 0 fully saturated rings. The predicted octanol–water partition coefficient (Wildman–Crippen LogP) is 4.19. The highest BCUT2D eigenvalue weighted by Gasteiger charge is 2.33. The van der Waals surface area contributed by atoms with Crippen LogP contribution in [0.2, 0.25) is 5.02 Å². The number of nitrogens with two attached hydrogens (primary N) is 2. The Morgan fingerprint density at radius 3 is 2.00 bits per heavy atom. The molecule has 0 aromatic heterocycles. The average Bonchev–Trinajstić information content (AvgIpc) is 2.32. The fourth-order valence-corrected chi connectivity index (χ4v) is 1.90. The molecule has 0 spiro atoms. The molecular formula is C13H10ClF3N2. The Balaban J connectivity index is 2.54. The van der Waals surface area contributed by atoms with Crippen molar-refractivity contribution in [2.75, 3.05) is 11.5 Å². The van der Waals surface area contributed by atoms with Crippen LogP contribution in [0.15, 0.2) is 36.4 Å². The number of nitrogen functional groups attached to an aromatic ring is 2. The number of benzene rings is 2. The van der Waals surface area contributed by atoms with Gasteiger partial charge in [-0.2, -0.15) is 13.2 Å². The molecule has 0 saturated heterocycles. The monoisotopic (exact) mass is 286 g/mol. The summed E-state index contributed by atoms with van der Waals surface area (Å²) in [4.78, 5) is 0. The molecule has 0 heterocycles. The number of rotatable bonds is 1. The van der Waals surface area contributed by atoms with E-state index in [1.165, 1.54) is 18.2 Å². The first-order valence-corrected chi connectivity index (χ1v) is 5.69. The van der Waals surface area contributed by atoms with E-state index in [0.717, 1.165) is 6.07 Å². The Morgan fingerprint density at radius 1 is 0.842 bits per heavy atom. The normalized spacial score (nSPS) is 11.6. The zero-order valence-electron chi connectivity index (χ0n) is 9.63. The summed E-state index contributed by atoms with van der Waals surface area (Å²) in [7, 11) is 0. The fraction of sp³-hybridized carbons (Fsp3) is 0.0769. The van der Waals surface area contributed by atoms with Gasteiger partial charge in [0, 0.05) is 0 Å². The van der Waals surface area contributed by atoms with Crippen molar-refractivity contribution in [3.05, 3.63) is 47.0 Å². The zero-order chi connectivity index (χ0) is 14.2. The summed E-state index contributed by atoms with van der Waals surface area (Å²) >= 11 is 5.56. The van der Waals surface area contributed by atoms with Gasteiger partial charge in [0.15, 0.2) is 0 Å². The summed E-state index contributed by atoms with van der Waals surface area (Å²) in [5, 5.41) is -0.334. The summed E-state index contributed by atoms with van der Waals surface area (Å²) in [5.74, 6) is 0.